The van der Waals surface area contributed by atoms with Crippen molar-refractivity contribution >= 4 is 5.97 Å². The van der Waals surface area contributed by atoms with Gasteiger partial charge in [0.1, 0.15) is 18.1 Å². The van der Waals surface area contributed by atoms with E-state index in [0.717, 1.165) is 24.6 Å². The Balaban J connectivity index is 2.27. The van der Waals surface area contributed by atoms with E-state index < -0.39 is 0 Å². The third kappa shape index (κ3) is 5.93. The summed E-state index contributed by atoms with van der Waals surface area (Å²) in [6.07, 6.45) is 0.410. The van der Waals surface area contributed by atoms with Crippen LogP contribution in [0, 0.1) is 0 Å². The molecule has 0 aliphatic rings. The van der Waals surface area contributed by atoms with Crippen LogP contribution in [-0.4, -0.2) is 51.3 Å². The highest BCUT2D eigenvalue weighted by molar-refractivity contribution is 5.69. The van der Waals surface area contributed by atoms with Gasteiger partial charge in [-0.3, -0.25) is 9.69 Å². The summed E-state index contributed by atoms with van der Waals surface area (Å²) in [5, 5.41) is 0. The smallest absolute Gasteiger partial charge is 0.306 e. The molecule has 5 nitrogen and oxygen atoms in total. The standard InChI is InChI=1S/C15H23NO4/c1-4-16(10-9-15(17)19-3)11-12-20-14-7-5-13(18-2)6-8-14/h5-8H,4,9-12H2,1-3H3. The minimum absolute atomic E-state index is 0.181. The topological polar surface area (TPSA) is 48.0 Å². The van der Waals surface area contributed by atoms with Crippen LogP contribution in [0.25, 0.3) is 0 Å². The molecule has 1 aromatic rings. The number of rotatable bonds is 9. The third-order valence-electron chi connectivity index (χ3n) is 3.04. The van der Waals surface area contributed by atoms with Crippen molar-refractivity contribution in [2.45, 2.75) is 13.3 Å². The van der Waals surface area contributed by atoms with Crippen LogP contribution in [0.3, 0.4) is 0 Å². The number of carbonyl (C=O) groups is 1. The molecule has 1 rings (SSSR count). The zero-order valence-electron chi connectivity index (χ0n) is 12.4. The molecule has 0 amide bonds. The molecular weight excluding hydrogens is 258 g/mol. The first-order chi connectivity index (χ1) is 9.69. The van der Waals surface area contributed by atoms with Crippen LogP contribution in [0.5, 0.6) is 11.5 Å². The van der Waals surface area contributed by atoms with Crippen LogP contribution in [0.1, 0.15) is 13.3 Å². The van der Waals surface area contributed by atoms with E-state index in [2.05, 4.69) is 16.6 Å². The summed E-state index contributed by atoms with van der Waals surface area (Å²) in [5.41, 5.74) is 0. The van der Waals surface area contributed by atoms with E-state index >= 15 is 0 Å². The lowest BCUT2D eigenvalue weighted by molar-refractivity contribution is -0.141. The van der Waals surface area contributed by atoms with Crippen molar-refractivity contribution in [2.75, 3.05) is 40.5 Å². The maximum absolute atomic E-state index is 11.1. The van der Waals surface area contributed by atoms with Crippen LogP contribution >= 0.6 is 0 Å². The number of esters is 1. The Morgan fingerprint density at radius 3 is 2.30 bits per heavy atom. The van der Waals surface area contributed by atoms with E-state index in [9.17, 15) is 4.79 Å². The van der Waals surface area contributed by atoms with Crippen LogP contribution in [0.2, 0.25) is 0 Å². The first-order valence-electron chi connectivity index (χ1n) is 6.75. The summed E-state index contributed by atoms with van der Waals surface area (Å²) in [5.74, 6) is 1.44. The monoisotopic (exact) mass is 281 g/mol. The largest absolute Gasteiger partial charge is 0.497 e. The van der Waals surface area contributed by atoms with Crippen molar-refractivity contribution in [3.05, 3.63) is 24.3 Å². The second kappa shape index (κ2) is 9.20. The third-order valence-corrected chi connectivity index (χ3v) is 3.04. The second-order valence-electron chi connectivity index (χ2n) is 4.28. The lowest BCUT2D eigenvalue weighted by Gasteiger charge is -2.19. The number of ether oxygens (including phenoxy) is 3. The highest BCUT2D eigenvalue weighted by atomic mass is 16.5. The van der Waals surface area contributed by atoms with E-state index in [4.69, 9.17) is 9.47 Å². The van der Waals surface area contributed by atoms with Gasteiger partial charge in [0.05, 0.1) is 20.6 Å². The van der Waals surface area contributed by atoms with Crippen molar-refractivity contribution < 1.29 is 19.0 Å². The van der Waals surface area contributed by atoms with Gasteiger partial charge in [-0.05, 0) is 30.8 Å². The molecule has 0 unspecified atom stereocenters. The Labute approximate surface area is 120 Å². The van der Waals surface area contributed by atoms with E-state index in [-0.39, 0.29) is 5.97 Å². The lowest BCUT2D eigenvalue weighted by Crippen LogP contribution is -2.30. The van der Waals surface area contributed by atoms with Crippen LogP contribution in [-0.2, 0) is 9.53 Å². The molecule has 0 heterocycles. The molecular formula is C15H23NO4. The second-order valence-corrected chi connectivity index (χ2v) is 4.28. The van der Waals surface area contributed by atoms with E-state index in [1.165, 1.54) is 7.11 Å². The van der Waals surface area contributed by atoms with Crippen molar-refractivity contribution in [1.29, 1.82) is 0 Å². The van der Waals surface area contributed by atoms with Gasteiger partial charge in [-0.15, -0.1) is 0 Å². The average Bonchev–Trinajstić information content (AvgIpc) is 2.50. The Kier molecular flexibility index (Phi) is 7.50. The minimum Gasteiger partial charge on any atom is -0.497 e. The number of carbonyl (C=O) groups excluding carboxylic acids is 1. The molecule has 0 N–H and O–H groups in total. The summed E-state index contributed by atoms with van der Waals surface area (Å²) in [7, 11) is 3.04. The normalized spacial score (nSPS) is 10.4. The van der Waals surface area contributed by atoms with Crippen LogP contribution in [0.15, 0.2) is 24.3 Å². The quantitative estimate of drug-likeness (QED) is 0.648. The molecule has 0 atom stereocenters. The molecule has 20 heavy (non-hydrogen) atoms. The van der Waals surface area contributed by atoms with E-state index in [1.807, 2.05) is 24.3 Å². The molecule has 112 valence electrons. The summed E-state index contributed by atoms with van der Waals surface area (Å²) < 4.78 is 15.4. The summed E-state index contributed by atoms with van der Waals surface area (Å²) in [6, 6.07) is 7.49. The number of methoxy groups -OCH3 is 2. The van der Waals surface area contributed by atoms with Gasteiger partial charge in [0.25, 0.3) is 0 Å². The van der Waals surface area contributed by atoms with Crippen LogP contribution in [0.4, 0.5) is 0 Å². The number of likely N-dealkylation sites (N-methyl/N-ethyl adjacent to an activating group) is 1. The van der Waals surface area contributed by atoms with Gasteiger partial charge >= 0.3 is 5.97 Å². The van der Waals surface area contributed by atoms with Crippen LogP contribution < -0.4 is 9.47 Å². The van der Waals surface area contributed by atoms with Gasteiger partial charge in [0.15, 0.2) is 0 Å². The Morgan fingerprint density at radius 2 is 1.75 bits per heavy atom. The predicted octanol–water partition coefficient (Wildman–Crippen LogP) is 1.96. The average molecular weight is 281 g/mol. The van der Waals surface area contributed by atoms with Gasteiger partial charge in [0, 0.05) is 13.1 Å². The maximum atomic E-state index is 11.1. The van der Waals surface area contributed by atoms with Gasteiger partial charge in [-0.2, -0.15) is 0 Å². The van der Waals surface area contributed by atoms with Crippen molar-refractivity contribution in [3.63, 3.8) is 0 Å². The lowest BCUT2D eigenvalue weighted by atomic mass is 10.3. The first-order valence-corrected chi connectivity index (χ1v) is 6.75. The fourth-order valence-corrected chi connectivity index (χ4v) is 1.74. The Hall–Kier alpha value is -1.75. The van der Waals surface area contributed by atoms with E-state index in [1.54, 1.807) is 7.11 Å². The molecule has 0 bridgehead atoms. The molecule has 0 aliphatic heterocycles. The Bertz CT molecular complexity index is 391. The molecule has 0 fully saturated rings. The summed E-state index contributed by atoms with van der Waals surface area (Å²) in [6.45, 7) is 4.99. The number of hydrogen-bond acceptors (Lipinski definition) is 5. The Morgan fingerprint density at radius 1 is 1.10 bits per heavy atom. The molecule has 0 spiro atoms. The molecule has 1 aromatic carbocycles. The van der Waals surface area contributed by atoms with Crippen molar-refractivity contribution in [1.82, 2.24) is 4.90 Å². The zero-order valence-corrected chi connectivity index (χ0v) is 12.4. The van der Waals surface area contributed by atoms with Gasteiger partial charge in [-0.25, -0.2) is 0 Å². The molecule has 0 aromatic heterocycles. The molecule has 0 aliphatic carbocycles. The van der Waals surface area contributed by atoms with Gasteiger partial charge < -0.3 is 14.2 Å². The predicted molar refractivity (Wildman–Crippen MR) is 77.2 cm³/mol. The molecule has 5 heteroatoms. The van der Waals surface area contributed by atoms with E-state index in [0.29, 0.717) is 19.6 Å². The van der Waals surface area contributed by atoms with Crippen molar-refractivity contribution in [2.24, 2.45) is 0 Å². The minimum atomic E-state index is -0.181. The number of benzene rings is 1. The van der Waals surface area contributed by atoms with Gasteiger partial charge in [0.2, 0.25) is 0 Å². The number of hydrogen-bond donors (Lipinski definition) is 0. The van der Waals surface area contributed by atoms with Gasteiger partial charge in [-0.1, -0.05) is 6.92 Å². The summed E-state index contributed by atoms with van der Waals surface area (Å²) >= 11 is 0. The fraction of sp³-hybridized carbons (Fsp3) is 0.533. The summed E-state index contributed by atoms with van der Waals surface area (Å²) in [4.78, 5) is 13.2. The maximum Gasteiger partial charge on any atom is 0.306 e. The first kappa shape index (κ1) is 16.3. The highest BCUT2D eigenvalue weighted by Crippen LogP contribution is 2.16. The highest BCUT2D eigenvalue weighted by Gasteiger charge is 2.06. The molecule has 0 saturated heterocycles. The number of nitrogens with zero attached hydrogens (tertiary/aromatic N) is 1. The fourth-order valence-electron chi connectivity index (χ4n) is 1.74. The zero-order chi connectivity index (χ0) is 14.8. The molecule has 0 radical (unpaired) electrons. The van der Waals surface area contributed by atoms with Crippen molar-refractivity contribution in [3.8, 4) is 11.5 Å². The molecule has 0 saturated carbocycles. The SMILES string of the molecule is CCN(CCOc1ccc(OC)cc1)CCC(=O)OC.